The second kappa shape index (κ2) is 8.90. The summed E-state index contributed by atoms with van der Waals surface area (Å²) in [6.45, 7) is 1.05. The number of sulfonamides is 1. The number of rotatable bonds is 6. The van der Waals surface area contributed by atoms with Crippen molar-refractivity contribution in [2.75, 3.05) is 33.4 Å². The SMILES string of the molecule is CN(C(=O)c1cccc(S(=O)(=O)N2CCOCC2)c1)C(C(N)=O)c1cccc(F)c1. The predicted octanol–water partition coefficient (Wildman–Crippen LogP) is 1.15. The third-order valence-electron chi connectivity index (χ3n) is 4.83. The zero-order valence-corrected chi connectivity index (χ0v) is 17.1. The maximum absolute atomic E-state index is 13.6. The van der Waals surface area contributed by atoms with Gasteiger partial charge in [-0.1, -0.05) is 18.2 Å². The Morgan fingerprint density at radius 3 is 2.43 bits per heavy atom. The minimum Gasteiger partial charge on any atom is -0.379 e. The van der Waals surface area contributed by atoms with Gasteiger partial charge in [0.15, 0.2) is 0 Å². The highest BCUT2D eigenvalue weighted by molar-refractivity contribution is 7.89. The molecule has 160 valence electrons. The third kappa shape index (κ3) is 4.50. The van der Waals surface area contributed by atoms with Crippen molar-refractivity contribution < 1.29 is 27.1 Å². The first kappa shape index (κ1) is 21.9. The van der Waals surface area contributed by atoms with Crippen LogP contribution in [-0.2, 0) is 19.6 Å². The molecule has 2 N–H and O–H groups in total. The first-order valence-corrected chi connectivity index (χ1v) is 10.7. The summed E-state index contributed by atoms with van der Waals surface area (Å²) in [5, 5.41) is 0. The van der Waals surface area contributed by atoms with Crippen LogP contribution >= 0.6 is 0 Å². The van der Waals surface area contributed by atoms with Gasteiger partial charge in [0.2, 0.25) is 15.9 Å². The number of amides is 2. The van der Waals surface area contributed by atoms with Gasteiger partial charge in [-0.15, -0.1) is 0 Å². The molecule has 2 amide bonds. The van der Waals surface area contributed by atoms with Crippen LogP contribution in [0.2, 0.25) is 0 Å². The lowest BCUT2D eigenvalue weighted by molar-refractivity contribution is -0.122. The minimum atomic E-state index is -3.80. The summed E-state index contributed by atoms with van der Waals surface area (Å²) in [6.07, 6.45) is 0. The number of nitrogens with zero attached hydrogens (tertiary/aromatic N) is 2. The normalized spacial score (nSPS) is 16.1. The largest absolute Gasteiger partial charge is 0.379 e. The minimum absolute atomic E-state index is 0.0370. The van der Waals surface area contributed by atoms with Crippen molar-refractivity contribution >= 4 is 21.8 Å². The van der Waals surface area contributed by atoms with Crippen LogP contribution < -0.4 is 5.73 Å². The molecule has 0 bridgehead atoms. The van der Waals surface area contributed by atoms with Crippen LogP contribution in [0.3, 0.4) is 0 Å². The molecule has 0 aromatic heterocycles. The Labute approximate surface area is 174 Å². The smallest absolute Gasteiger partial charge is 0.254 e. The summed E-state index contributed by atoms with van der Waals surface area (Å²) in [4.78, 5) is 26.0. The van der Waals surface area contributed by atoms with Crippen LogP contribution in [0.5, 0.6) is 0 Å². The number of morpholine rings is 1. The van der Waals surface area contributed by atoms with Crippen LogP contribution in [0.15, 0.2) is 53.4 Å². The maximum Gasteiger partial charge on any atom is 0.254 e. The zero-order valence-electron chi connectivity index (χ0n) is 16.3. The van der Waals surface area contributed by atoms with E-state index in [2.05, 4.69) is 0 Å². The Morgan fingerprint density at radius 1 is 1.13 bits per heavy atom. The van der Waals surface area contributed by atoms with E-state index in [-0.39, 0.29) is 29.1 Å². The summed E-state index contributed by atoms with van der Waals surface area (Å²) in [6, 6.07) is 9.58. The number of carbonyl (C=O) groups is 2. The van der Waals surface area contributed by atoms with Crippen molar-refractivity contribution in [3.05, 3.63) is 65.5 Å². The molecule has 1 atom stereocenters. The van der Waals surface area contributed by atoms with Crippen molar-refractivity contribution in [1.29, 1.82) is 0 Å². The average Bonchev–Trinajstić information content (AvgIpc) is 2.74. The molecule has 1 unspecified atom stereocenters. The first-order chi connectivity index (χ1) is 14.2. The molecule has 0 radical (unpaired) electrons. The fraction of sp³-hybridized carbons (Fsp3) is 0.300. The van der Waals surface area contributed by atoms with Gasteiger partial charge >= 0.3 is 0 Å². The van der Waals surface area contributed by atoms with Gasteiger partial charge in [-0.25, -0.2) is 12.8 Å². The summed E-state index contributed by atoms with van der Waals surface area (Å²) in [7, 11) is -2.44. The Kier molecular flexibility index (Phi) is 6.49. The average molecular weight is 435 g/mol. The molecule has 0 aliphatic carbocycles. The molecule has 2 aromatic rings. The number of hydrogen-bond donors (Lipinski definition) is 1. The quantitative estimate of drug-likeness (QED) is 0.732. The van der Waals surface area contributed by atoms with E-state index in [1.165, 1.54) is 53.8 Å². The van der Waals surface area contributed by atoms with E-state index in [4.69, 9.17) is 10.5 Å². The Balaban J connectivity index is 1.90. The van der Waals surface area contributed by atoms with Crippen LogP contribution in [0.1, 0.15) is 22.0 Å². The van der Waals surface area contributed by atoms with Gasteiger partial charge in [0.25, 0.3) is 5.91 Å². The summed E-state index contributed by atoms with van der Waals surface area (Å²) < 4.78 is 45.8. The third-order valence-corrected chi connectivity index (χ3v) is 6.73. The van der Waals surface area contributed by atoms with E-state index in [9.17, 15) is 22.4 Å². The maximum atomic E-state index is 13.6. The molecule has 1 heterocycles. The second-order valence-corrected chi connectivity index (χ2v) is 8.76. The van der Waals surface area contributed by atoms with Crippen molar-refractivity contribution in [3.8, 4) is 0 Å². The number of benzene rings is 2. The topological polar surface area (TPSA) is 110 Å². The van der Waals surface area contributed by atoms with E-state index in [0.29, 0.717) is 13.2 Å². The Morgan fingerprint density at radius 2 is 1.80 bits per heavy atom. The Hall–Kier alpha value is -2.82. The standard InChI is InChI=1S/C20H22FN3O5S/c1-23(18(19(22)25)14-4-2-6-16(21)12-14)20(26)15-5-3-7-17(13-15)30(27,28)24-8-10-29-11-9-24/h2-7,12-13,18H,8-11H2,1H3,(H2,22,25). The van der Waals surface area contributed by atoms with E-state index in [1.54, 1.807) is 0 Å². The monoisotopic (exact) mass is 435 g/mol. The van der Waals surface area contributed by atoms with Gasteiger partial charge in [-0.3, -0.25) is 9.59 Å². The highest BCUT2D eigenvalue weighted by atomic mass is 32.2. The van der Waals surface area contributed by atoms with Gasteiger partial charge < -0.3 is 15.4 Å². The summed E-state index contributed by atoms with van der Waals surface area (Å²) in [5.41, 5.74) is 5.74. The summed E-state index contributed by atoms with van der Waals surface area (Å²) in [5.74, 6) is -2.03. The van der Waals surface area contributed by atoms with E-state index in [1.807, 2.05) is 0 Å². The highest BCUT2D eigenvalue weighted by Crippen LogP contribution is 2.24. The lowest BCUT2D eigenvalue weighted by atomic mass is 10.0. The van der Waals surface area contributed by atoms with Crippen molar-refractivity contribution in [1.82, 2.24) is 9.21 Å². The van der Waals surface area contributed by atoms with Crippen molar-refractivity contribution in [2.24, 2.45) is 5.73 Å². The lowest BCUT2D eigenvalue weighted by Crippen LogP contribution is -2.41. The van der Waals surface area contributed by atoms with Crippen molar-refractivity contribution in [3.63, 3.8) is 0 Å². The van der Waals surface area contributed by atoms with Crippen LogP contribution in [0, 0.1) is 5.82 Å². The Bertz CT molecular complexity index is 1050. The van der Waals surface area contributed by atoms with Crippen LogP contribution in [0.4, 0.5) is 4.39 Å². The predicted molar refractivity (Wildman–Crippen MR) is 106 cm³/mol. The number of nitrogens with two attached hydrogens (primary N) is 1. The van der Waals surface area contributed by atoms with Gasteiger partial charge in [-0.2, -0.15) is 4.31 Å². The van der Waals surface area contributed by atoms with Crippen molar-refractivity contribution in [2.45, 2.75) is 10.9 Å². The molecule has 1 aliphatic heterocycles. The van der Waals surface area contributed by atoms with Crippen LogP contribution in [0.25, 0.3) is 0 Å². The number of likely N-dealkylation sites (N-methyl/N-ethyl adjacent to an activating group) is 1. The number of primary amides is 1. The fourth-order valence-electron chi connectivity index (χ4n) is 3.30. The number of hydrogen-bond acceptors (Lipinski definition) is 5. The molecule has 8 nitrogen and oxygen atoms in total. The van der Waals surface area contributed by atoms with Gasteiger partial charge in [0, 0.05) is 25.7 Å². The second-order valence-electron chi connectivity index (χ2n) is 6.82. The molecule has 2 aromatic carbocycles. The highest BCUT2D eigenvalue weighted by Gasteiger charge is 2.30. The first-order valence-electron chi connectivity index (χ1n) is 9.21. The van der Waals surface area contributed by atoms with E-state index < -0.39 is 33.7 Å². The molecule has 10 heteroatoms. The molecule has 0 spiro atoms. The molecule has 30 heavy (non-hydrogen) atoms. The van der Waals surface area contributed by atoms with E-state index in [0.717, 1.165) is 11.0 Å². The van der Waals surface area contributed by atoms with Gasteiger partial charge in [0.1, 0.15) is 11.9 Å². The summed E-state index contributed by atoms with van der Waals surface area (Å²) >= 11 is 0. The molecule has 1 fully saturated rings. The molecular weight excluding hydrogens is 413 g/mol. The lowest BCUT2D eigenvalue weighted by Gasteiger charge is -2.27. The number of ether oxygens (including phenoxy) is 1. The van der Waals surface area contributed by atoms with Gasteiger partial charge in [-0.05, 0) is 35.9 Å². The van der Waals surface area contributed by atoms with Gasteiger partial charge in [0.05, 0.1) is 18.1 Å². The molecule has 1 aliphatic rings. The molecule has 0 saturated carbocycles. The fourth-order valence-corrected chi connectivity index (χ4v) is 4.76. The molecule has 3 rings (SSSR count). The van der Waals surface area contributed by atoms with E-state index >= 15 is 0 Å². The van der Waals surface area contributed by atoms with Crippen LogP contribution in [-0.4, -0.2) is 62.8 Å². The number of carbonyl (C=O) groups excluding carboxylic acids is 2. The number of halogens is 1. The molecular formula is C20H22FN3O5S. The zero-order chi connectivity index (χ0) is 21.9. The molecule has 1 saturated heterocycles.